The summed E-state index contributed by atoms with van der Waals surface area (Å²) in [6.07, 6.45) is 1.14. The summed E-state index contributed by atoms with van der Waals surface area (Å²) in [6.45, 7) is 3.10. The summed E-state index contributed by atoms with van der Waals surface area (Å²) in [7, 11) is 1.58. The van der Waals surface area contributed by atoms with Crippen LogP contribution in [-0.4, -0.2) is 31.7 Å². The number of ketones is 1. The second kappa shape index (κ2) is 5.04. The van der Waals surface area contributed by atoms with Crippen molar-refractivity contribution in [1.82, 2.24) is 0 Å². The van der Waals surface area contributed by atoms with Gasteiger partial charge in [-0.15, -0.1) is 0 Å². The van der Waals surface area contributed by atoms with Crippen LogP contribution in [0, 0.1) is 6.92 Å². The molecule has 1 aliphatic rings. The number of ether oxygens (including phenoxy) is 2. The van der Waals surface area contributed by atoms with Crippen LogP contribution in [0.15, 0.2) is 28.7 Å². The quantitative estimate of drug-likeness (QED) is 0.807. The van der Waals surface area contributed by atoms with E-state index < -0.39 is 5.60 Å². The van der Waals surface area contributed by atoms with E-state index in [0.29, 0.717) is 31.8 Å². The lowest BCUT2D eigenvalue weighted by atomic mass is 9.88. The summed E-state index contributed by atoms with van der Waals surface area (Å²) >= 11 is 0. The lowest BCUT2D eigenvalue weighted by molar-refractivity contribution is -0.0673. The molecule has 1 aromatic carbocycles. The molecule has 0 atom stereocenters. The van der Waals surface area contributed by atoms with Gasteiger partial charge < -0.3 is 13.9 Å². The fourth-order valence-corrected chi connectivity index (χ4v) is 2.72. The Labute approximate surface area is 117 Å². The normalized spacial score (nSPS) is 18.3. The summed E-state index contributed by atoms with van der Waals surface area (Å²) in [5.41, 5.74) is 1.07. The fourth-order valence-electron chi connectivity index (χ4n) is 2.72. The van der Waals surface area contributed by atoms with Crippen molar-refractivity contribution in [1.29, 1.82) is 0 Å². The average Bonchev–Trinajstić information content (AvgIpc) is 2.90. The maximum atomic E-state index is 12.7. The van der Waals surface area contributed by atoms with Crippen LogP contribution in [0.2, 0.25) is 0 Å². The Kier molecular flexibility index (Phi) is 3.36. The zero-order chi connectivity index (χ0) is 14.2. The van der Waals surface area contributed by atoms with Crippen LogP contribution in [0.25, 0.3) is 11.0 Å². The predicted molar refractivity (Wildman–Crippen MR) is 75.1 cm³/mol. The van der Waals surface area contributed by atoms with Gasteiger partial charge in [-0.2, -0.15) is 0 Å². The van der Waals surface area contributed by atoms with E-state index >= 15 is 0 Å². The minimum Gasteiger partial charge on any atom is -0.453 e. The van der Waals surface area contributed by atoms with Crippen LogP contribution in [0.1, 0.15) is 29.0 Å². The van der Waals surface area contributed by atoms with Crippen molar-refractivity contribution in [3.8, 4) is 0 Å². The summed E-state index contributed by atoms with van der Waals surface area (Å²) < 4.78 is 16.5. The molecular formula is C16H18O4. The van der Waals surface area contributed by atoms with Crippen LogP contribution in [-0.2, 0) is 9.47 Å². The highest BCUT2D eigenvalue weighted by Gasteiger charge is 2.42. The van der Waals surface area contributed by atoms with Crippen molar-refractivity contribution in [2.75, 3.05) is 20.3 Å². The number of aryl methyl sites for hydroxylation is 1. The molecule has 1 aromatic heterocycles. The number of furan rings is 1. The van der Waals surface area contributed by atoms with Gasteiger partial charge in [0.25, 0.3) is 0 Å². The molecule has 0 bridgehead atoms. The molecule has 1 saturated heterocycles. The first-order chi connectivity index (χ1) is 9.64. The third-order valence-electron chi connectivity index (χ3n) is 4.00. The van der Waals surface area contributed by atoms with E-state index in [9.17, 15) is 4.79 Å². The summed E-state index contributed by atoms with van der Waals surface area (Å²) in [5, 5.41) is 0.951. The van der Waals surface area contributed by atoms with Crippen molar-refractivity contribution in [3.63, 3.8) is 0 Å². The number of rotatable bonds is 3. The van der Waals surface area contributed by atoms with Gasteiger partial charge in [0, 0.05) is 38.6 Å². The molecule has 1 aliphatic heterocycles. The number of hydrogen-bond acceptors (Lipinski definition) is 4. The van der Waals surface area contributed by atoms with Gasteiger partial charge in [0.05, 0.1) is 0 Å². The molecule has 4 heteroatoms. The van der Waals surface area contributed by atoms with Gasteiger partial charge in [0.2, 0.25) is 5.78 Å². The molecule has 2 heterocycles. The SMILES string of the molecule is COC1(C(=O)c2cc3cc(C)ccc3o2)CCOCC1. The molecule has 20 heavy (non-hydrogen) atoms. The van der Waals surface area contributed by atoms with E-state index in [0.717, 1.165) is 16.5 Å². The van der Waals surface area contributed by atoms with Crippen LogP contribution in [0.5, 0.6) is 0 Å². The third kappa shape index (κ3) is 2.15. The highest BCUT2D eigenvalue weighted by molar-refractivity contribution is 6.03. The molecule has 0 unspecified atom stereocenters. The highest BCUT2D eigenvalue weighted by Crippen LogP contribution is 2.31. The minimum atomic E-state index is -0.804. The maximum Gasteiger partial charge on any atom is 0.229 e. The van der Waals surface area contributed by atoms with Gasteiger partial charge in [-0.3, -0.25) is 4.79 Å². The molecular weight excluding hydrogens is 256 g/mol. The monoisotopic (exact) mass is 274 g/mol. The van der Waals surface area contributed by atoms with Crippen molar-refractivity contribution >= 4 is 16.8 Å². The average molecular weight is 274 g/mol. The van der Waals surface area contributed by atoms with E-state index in [1.807, 2.05) is 25.1 Å². The van der Waals surface area contributed by atoms with Crippen LogP contribution in [0.3, 0.4) is 0 Å². The van der Waals surface area contributed by atoms with Gasteiger partial charge in [-0.25, -0.2) is 0 Å². The second-order valence-corrected chi connectivity index (χ2v) is 5.29. The Hall–Kier alpha value is -1.65. The van der Waals surface area contributed by atoms with E-state index in [1.54, 1.807) is 13.2 Å². The topological polar surface area (TPSA) is 48.7 Å². The van der Waals surface area contributed by atoms with Crippen LogP contribution in [0.4, 0.5) is 0 Å². The lowest BCUT2D eigenvalue weighted by Gasteiger charge is -2.33. The van der Waals surface area contributed by atoms with Gasteiger partial charge in [-0.1, -0.05) is 11.6 Å². The second-order valence-electron chi connectivity index (χ2n) is 5.29. The van der Waals surface area contributed by atoms with E-state index in [-0.39, 0.29) is 5.78 Å². The molecule has 0 N–H and O–H groups in total. The maximum absolute atomic E-state index is 12.7. The van der Waals surface area contributed by atoms with Crippen molar-refractivity contribution < 1.29 is 18.7 Å². The molecule has 2 aromatic rings. The molecule has 3 rings (SSSR count). The lowest BCUT2D eigenvalue weighted by Crippen LogP contribution is -2.45. The number of carbonyl (C=O) groups excluding carboxylic acids is 1. The number of benzene rings is 1. The number of fused-ring (bicyclic) bond motifs is 1. The Balaban J connectivity index is 1.98. The van der Waals surface area contributed by atoms with Gasteiger partial charge in [-0.05, 0) is 25.1 Å². The van der Waals surface area contributed by atoms with Gasteiger partial charge in [0.15, 0.2) is 5.76 Å². The molecule has 1 fully saturated rings. The first kappa shape index (κ1) is 13.3. The molecule has 0 spiro atoms. The van der Waals surface area contributed by atoms with Crippen molar-refractivity contribution in [2.45, 2.75) is 25.4 Å². The number of methoxy groups -OCH3 is 1. The Morgan fingerprint density at radius 3 is 2.70 bits per heavy atom. The molecule has 0 aliphatic carbocycles. The zero-order valence-electron chi connectivity index (χ0n) is 11.8. The molecule has 4 nitrogen and oxygen atoms in total. The van der Waals surface area contributed by atoms with Crippen LogP contribution < -0.4 is 0 Å². The highest BCUT2D eigenvalue weighted by atomic mass is 16.5. The molecule has 0 saturated carbocycles. The van der Waals surface area contributed by atoms with Gasteiger partial charge >= 0.3 is 0 Å². The fraction of sp³-hybridized carbons (Fsp3) is 0.438. The Bertz CT molecular complexity index is 635. The smallest absolute Gasteiger partial charge is 0.229 e. The zero-order valence-corrected chi connectivity index (χ0v) is 11.8. The van der Waals surface area contributed by atoms with Gasteiger partial charge in [0.1, 0.15) is 11.2 Å². The standard InChI is InChI=1S/C16H18O4/c1-11-3-4-13-12(9-11)10-14(20-13)15(17)16(18-2)5-7-19-8-6-16/h3-4,9-10H,5-8H2,1-2H3. The van der Waals surface area contributed by atoms with E-state index in [1.165, 1.54) is 0 Å². The Morgan fingerprint density at radius 1 is 1.25 bits per heavy atom. The molecule has 0 amide bonds. The molecule has 106 valence electrons. The summed E-state index contributed by atoms with van der Waals surface area (Å²) in [4.78, 5) is 12.7. The van der Waals surface area contributed by atoms with Crippen molar-refractivity contribution in [2.24, 2.45) is 0 Å². The number of hydrogen-bond donors (Lipinski definition) is 0. The first-order valence-corrected chi connectivity index (χ1v) is 6.82. The van der Waals surface area contributed by atoms with E-state index in [2.05, 4.69) is 0 Å². The Morgan fingerprint density at radius 2 is 2.00 bits per heavy atom. The summed E-state index contributed by atoms with van der Waals surface area (Å²) in [5.74, 6) is 0.284. The first-order valence-electron chi connectivity index (χ1n) is 6.82. The summed E-state index contributed by atoms with van der Waals surface area (Å²) in [6, 6.07) is 7.69. The minimum absolute atomic E-state index is 0.0860. The largest absolute Gasteiger partial charge is 0.453 e. The van der Waals surface area contributed by atoms with E-state index in [4.69, 9.17) is 13.9 Å². The molecule has 0 radical (unpaired) electrons. The van der Waals surface area contributed by atoms with Crippen molar-refractivity contribution in [3.05, 3.63) is 35.6 Å². The number of Topliss-reactive ketones (excluding diaryl/α,β-unsaturated/α-hetero) is 1. The number of carbonyl (C=O) groups is 1. The third-order valence-corrected chi connectivity index (χ3v) is 4.00. The van der Waals surface area contributed by atoms with Crippen LogP contribution >= 0.6 is 0 Å². The predicted octanol–water partition coefficient (Wildman–Crippen LogP) is 3.12.